The number of quaternary nitrogens is 1. The first-order valence-corrected chi connectivity index (χ1v) is 33.9. The summed E-state index contributed by atoms with van der Waals surface area (Å²) in [7, 11) is 1.31. The zero-order valence-electron chi connectivity index (χ0n) is 50.5. The Morgan fingerprint density at radius 2 is 0.813 bits per heavy atom. The molecular weight excluding hydrogens is 948 g/mol. The number of rotatable bonds is 60. The molecule has 0 aromatic rings. The van der Waals surface area contributed by atoms with E-state index < -0.39 is 20.0 Å². The van der Waals surface area contributed by atoms with Gasteiger partial charge in [-0.15, -0.1) is 0 Å². The maximum atomic E-state index is 13.0. The summed E-state index contributed by atoms with van der Waals surface area (Å²) in [6, 6.07) is -0.806. The Balaban J connectivity index is 4.06. The molecule has 0 fully saturated rings. The zero-order chi connectivity index (χ0) is 54.9. The number of amides is 1. The van der Waals surface area contributed by atoms with Gasteiger partial charge in [-0.3, -0.25) is 9.36 Å². The number of phosphoric acid groups is 1. The molecule has 0 aliphatic carbocycles. The van der Waals surface area contributed by atoms with Crippen molar-refractivity contribution in [2.45, 2.75) is 328 Å². The smallest absolute Gasteiger partial charge is 0.268 e. The van der Waals surface area contributed by atoms with Crippen molar-refractivity contribution in [2.24, 2.45) is 0 Å². The van der Waals surface area contributed by atoms with Crippen LogP contribution in [-0.2, 0) is 18.4 Å². The third-order valence-electron chi connectivity index (χ3n) is 14.8. The minimum absolute atomic E-state index is 0.0107. The molecule has 8 nitrogen and oxygen atoms in total. The van der Waals surface area contributed by atoms with Crippen LogP contribution < -0.4 is 10.2 Å². The standard InChI is InChI=1S/C66H127N2O6P/c1-6-8-10-12-14-16-18-20-22-24-26-28-30-31-32-33-34-35-36-38-39-41-43-45-47-49-51-53-55-57-59-65(69)64(63-74-75(71,72)73-62-61-68(3,4)5)67-66(70)60-58-56-54-52-50-48-46-44-42-40-37-29-27-25-23-21-19-17-15-13-11-9-7-2/h9,11,15,17,21,23,27,29,64-65,69H,6-8,10,12-14,16,18-20,22,24-26,28,30-63H2,1-5H3,(H-,67,70,71,72)/b11-9-,17-15-,23-21-,29-27-. The molecule has 0 saturated carbocycles. The van der Waals surface area contributed by atoms with Gasteiger partial charge in [0.05, 0.1) is 39.9 Å². The molecular formula is C66H127N2O6P. The molecule has 2 N–H and O–H groups in total. The lowest BCUT2D eigenvalue weighted by Crippen LogP contribution is -2.46. The summed E-state index contributed by atoms with van der Waals surface area (Å²) in [4.78, 5) is 25.6. The zero-order valence-corrected chi connectivity index (χ0v) is 51.4. The third-order valence-corrected chi connectivity index (χ3v) is 15.8. The van der Waals surface area contributed by atoms with Crippen LogP contribution >= 0.6 is 7.82 Å². The van der Waals surface area contributed by atoms with E-state index in [4.69, 9.17) is 9.05 Å². The summed E-state index contributed by atoms with van der Waals surface area (Å²) in [5, 5.41) is 14.1. The quantitative estimate of drug-likeness (QED) is 0.0272. The maximum absolute atomic E-state index is 13.0. The Bertz CT molecular complexity index is 1360. The van der Waals surface area contributed by atoms with E-state index in [1.165, 1.54) is 225 Å². The van der Waals surface area contributed by atoms with Gasteiger partial charge in [0.15, 0.2) is 0 Å². The van der Waals surface area contributed by atoms with Gasteiger partial charge in [0, 0.05) is 6.42 Å². The Morgan fingerprint density at radius 1 is 0.480 bits per heavy atom. The number of aliphatic hydroxyl groups is 1. The van der Waals surface area contributed by atoms with Gasteiger partial charge in [0.2, 0.25) is 5.91 Å². The van der Waals surface area contributed by atoms with Crippen molar-refractivity contribution in [3.8, 4) is 0 Å². The van der Waals surface area contributed by atoms with Gasteiger partial charge in [-0.25, -0.2) is 0 Å². The topological polar surface area (TPSA) is 108 Å². The van der Waals surface area contributed by atoms with Crippen molar-refractivity contribution in [1.29, 1.82) is 0 Å². The lowest BCUT2D eigenvalue weighted by Gasteiger charge is -2.30. The molecule has 0 spiro atoms. The van der Waals surface area contributed by atoms with E-state index in [1.54, 1.807) is 0 Å². The molecule has 442 valence electrons. The number of hydrogen-bond acceptors (Lipinski definition) is 6. The van der Waals surface area contributed by atoms with Gasteiger partial charge in [0.1, 0.15) is 13.2 Å². The molecule has 9 heteroatoms. The highest BCUT2D eigenvalue weighted by Crippen LogP contribution is 2.38. The van der Waals surface area contributed by atoms with Gasteiger partial charge in [-0.05, 0) is 51.4 Å². The molecule has 0 radical (unpaired) electrons. The summed E-state index contributed by atoms with van der Waals surface area (Å²) in [5.41, 5.74) is 0. The summed E-state index contributed by atoms with van der Waals surface area (Å²) < 4.78 is 23.5. The van der Waals surface area contributed by atoms with Crippen LogP contribution in [0.25, 0.3) is 0 Å². The van der Waals surface area contributed by atoms with Crippen LogP contribution in [0.15, 0.2) is 48.6 Å². The number of carbonyl (C=O) groups is 1. The van der Waals surface area contributed by atoms with E-state index >= 15 is 0 Å². The molecule has 3 unspecified atom stereocenters. The Hall–Kier alpha value is -1.54. The van der Waals surface area contributed by atoms with E-state index in [2.05, 4.69) is 67.8 Å². The number of nitrogens with zero attached hydrogens (tertiary/aromatic N) is 1. The molecule has 0 aliphatic heterocycles. The van der Waals surface area contributed by atoms with E-state index in [1.807, 2.05) is 21.1 Å². The molecule has 0 bridgehead atoms. The van der Waals surface area contributed by atoms with Crippen molar-refractivity contribution >= 4 is 13.7 Å². The first-order valence-electron chi connectivity index (χ1n) is 32.5. The van der Waals surface area contributed by atoms with Gasteiger partial charge >= 0.3 is 0 Å². The van der Waals surface area contributed by atoms with Crippen LogP contribution in [0.2, 0.25) is 0 Å². The first-order chi connectivity index (χ1) is 36.5. The fourth-order valence-corrected chi connectivity index (χ4v) is 10.5. The molecule has 0 saturated heterocycles. The predicted molar refractivity (Wildman–Crippen MR) is 325 cm³/mol. The van der Waals surface area contributed by atoms with Crippen molar-refractivity contribution in [1.82, 2.24) is 5.32 Å². The molecule has 0 rings (SSSR count). The summed E-state index contributed by atoms with van der Waals surface area (Å²) in [6.45, 7) is 4.65. The van der Waals surface area contributed by atoms with E-state index in [0.717, 1.165) is 64.2 Å². The number of allylic oxidation sites excluding steroid dienone is 8. The molecule has 0 aromatic carbocycles. The molecule has 0 heterocycles. The number of unbranched alkanes of at least 4 members (excludes halogenated alkanes) is 39. The predicted octanol–water partition coefficient (Wildman–Crippen LogP) is 19.6. The normalized spacial score (nSPS) is 14.1. The molecule has 1 amide bonds. The SMILES string of the molecule is CC/C=C\C/C=C\C/C=C\C/C=C\CCCCCCCCCCCCC(=O)NC(COP(=O)([O-])OCC[N+](C)(C)C)C(O)CCCCCCCCCCCCCCCCCCCCCCCCCCCCCCCC. The second kappa shape index (κ2) is 57.2. The van der Waals surface area contributed by atoms with Crippen LogP contribution in [0.1, 0.15) is 316 Å². The molecule has 0 aromatic heterocycles. The van der Waals surface area contributed by atoms with E-state index in [-0.39, 0.29) is 19.1 Å². The van der Waals surface area contributed by atoms with Crippen molar-refractivity contribution in [3.63, 3.8) is 0 Å². The fraction of sp³-hybridized carbons (Fsp3) is 0.864. The summed E-state index contributed by atoms with van der Waals surface area (Å²) in [6.07, 6.45) is 76.0. The summed E-state index contributed by atoms with van der Waals surface area (Å²) >= 11 is 0. The number of carbonyl (C=O) groups excluding carboxylic acids is 1. The van der Waals surface area contributed by atoms with Crippen molar-refractivity contribution in [2.75, 3.05) is 40.9 Å². The van der Waals surface area contributed by atoms with Crippen molar-refractivity contribution in [3.05, 3.63) is 48.6 Å². The maximum Gasteiger partial charge on any atom is 0.268 e. The van der Waals surface area contributed by atoms with Gasteiger partial charge < -0.3 is 28.8 Å². The number of phosphoric ester groups is 1. The van der Waals surface area contributed by atoms with Gasteiger partial charge in [-0.2, -0.15) is 0 Å². The number of hydrogen-bond donors (Lipinski definition) is 2. The molecule has 75 heavy (non-hydrogen) atoms. The Morgan fingerprint density at radius 3 is 1.19 bits per heavy atom. The van der Waals surface area contributed by atoms with Crippen molar-refractivity contribution < 1.29 is 32.9 Å². The Kier molecular flexibility index (Phi) is 56.0. The monoisotopic (exact) mass is 1070 g/mol. The Labute approximate surface area is 467 Å². The highest BCUT2D eigenvalue weighted by atomic mass is 31.2. The minimum Gasteiger partial charge on any atom is -0.756 e. The number of aliphatic hydroxyl groups excluding tert-OH is 1. The average molecular weight is 1080 g/mol. The van der Waals surface area contributed by atoms with Crippen LogP contribution in [0.4, 0.5) is 0 Å². The van der Waals surface area contributed by atoms with E-state index in [0.29, 0.717) is 23.9 Å². The van der Waals surface area contributed by atoms with Gasteiger partial charge in [-0.1, -0.05) is 306 Å². The highest BCUT2D eigenvalue weighted by molar-refractivity contribution is 7.45. The van der Waals surface area contributed by atoms with E-state index in [9.17, 15) is 19.4 Å². The number of likely N-dealkylation sites (N-methyl/N-ethyl adjacent to an activating group) is 1. The van der Waals surface area contributed by atoms with Crippen LogP contribution in [0, 0.1) is 0 Å². The lowest BCUT2D eigenvalue weighted by atomic mass is 10.0. The van der Waals surface area contributed by atoms with Gasteiger partial charge in [0.25, 0.3) is 7.82 Å². The van der Waals surface area contributed by atoms with Crippen LogP contribution in [0.3, 0.4) is 0 Å². The van der Waals surface area contributed by atoms with Crippen LogP contribution in [0.5, 0.6) is 0 Å². The largest absolute Gasteiger partial charge is 0.756 e. The summed E-state index contributed by atoms with van der Waals surface area (Å²) in [5.74, 6) is -0.166. The second-order valence-electron chi connectivity index (χ2n) is 23.4. The average Bonchev–Trinajstić information content (AvgIpc) is 3.37. The first kappa shape index (κ1) is 73.5. The fourth-order valence-electron chi connectivity index (χ4n) is 9.80. The molecule has 0 aliphatic rings. The third kappa shape index (κ3) is 60.0. The molecule has 3 atom stereocenters. The minimum atomic E-state index is -4.58. The second-order valence-corrected chi connectivity index (χ2v) is 24.9. The van der Waals surface area contributed by atoms with Crippen LogP contribution in [-0.4, -0.2) is 68.5 Å². The highest BCUT2D eigenvalue weighted by Gasteiger charge is 2.24. The number of nitrogens with one attached hydrogen (secondary N) is 1. The lowest BCUT2D eigenvalue weighted by molar-refractivity contribution is -0.870.